The van der Waals surface area contributed by atoms with E-state index in [0.29, 0.717) is 10.9 Å². The molecule has 0 spiro atoms. The van der Waals surface area contributed by atoms with Gasteiger partial charge in [0.15, 0.2) is 0 Å². The lowest BCUT2D eigenvalue weighted by molar-refractivity contribution is -0.144. The van der Waals surface area contributed by atoms with Crippen LogP contribution in [0.4, 0.5) is 0 Å². The van der Waals surface area contributed by atoms with Gasteiger partial charge >= 0.3 is 0 Å². The number of carbonyl (C=O) groups excluding carboxylic acids is 1. The van der Waals surface area contributed by atoms with Gasteiger partial charge in [0.1, 0.15) is 0 Å². The molecule has 1 aliphatic carbocycles. The molecule has 0 bridgehead atoms. The summed E-state index contributed by atoms with van der Waals surface area (Å²) in [6.45, 7) is 3.70. The summed E-state index contributed by atoms with van der Waals surface area (Å²) in [5, 5.41) is 11.3. The molecule has 132 valence electrons. The fourth-order valence-corrected chi connectivity index (χ4v) is 4.58. The highest BCUT2D eigenvalue weighted by Gasteiger charge is 2.42. The molecular weight excluding hydrogens is 322 g/mol. The van der Waals surface area contributed by atoms with Crippen LogP contribution in [-0.4, -0.2) is 29.0 Å². The second-order valence-corrected chi connectivity index (χ2v) is 7.90. The van der Waals surface area contributed by atoms with Gasteiger partial charge in [-0.05, 0) is 55.7 Å². The number of hydrogen-bond donors (Lipinski definition) is 1. The Morgan fingerprint density at radius 3 is 2.38 bits per heavy atom. The van der Waals surface area contributed by atoms with Crippen molar-refractivity contribution >= 4 is 17.5 Å². The van der Waals surface area contributed by atoms with Crippen LogP contribution in [-0.2, 0) is 4.79 Å². The lowest BCUT2D eigenvalue weighted by Crippen LogP contribution is -2.46. The zero-order valence-corrected chi connectivity index (χ0v) is 15.3. The Labute approximate surface area is 150 Å². The van der Waals surface area contributed by atoms with Crippen LogP contribution in [0.2, 0.25) is 5.02 Å². The Balaban J connectivity index is 1.59. The van der Waals surface area contributed by atoms with E-state index in [-0.39, 0.29) is 11.3 Å². The molecule has 0 aromatic heterocycles. The summed E-state index contributed by atoms with van der Waals surface area (Å²) in [6, 6.07) is 7.44. The molecule has 1 saturated heterocycles. The second-order valence-electron chi connectivity index (χ2n) is 7.47. The molecule has 1 aromatic carbocycles. The maximum Gasteiger partial charge on any atom is 0.228 e. The second kappa shape index (κ2) is 7.45. The zero-order chi connectivity index (χ0) is 17.2. The molecular formula is C20H28ClNO2. The van der Waals surface area contributed by atoms with Gasteiger partial charge in [-0.2, -0.15) is 0 Å². The van der Waals surface area contributed by atoms with Crippen molar-refractivity contribution in [2.45, 2.75) is 58.0 Å². The third kappa shape index (κ3) is 3.48. The van der Waals surface area contributed by atoms with Crippen molar-refractivity contribution in [3.05, 3.63) is 34.9 Å². The number of carbonyl (C=O) groups is 1. The molecule has 1 amide bonds. The summed E-state index contributed by atoms with van der Waals surface area (Å²) >= 11 is 5.92. The predicted molar refractivity (Wildman–Crippen MR) is 96.9 cm³/mol. The summed E-state index contributed by atoms with van der Waals surface area (Å²) in [4.78, 5) is 15.0. The first-order chi connectivity index (χ1) is 11.6. The predicted octanol–water partition coefficient (Wildman–Crippen LogP) is 4.58. The molecule has 24 heavy (non-hydrogen) atoms. The highest BCUT2D eigenvalue weighted by molar-refractivity contribution is 6.30. The van der Waals surface area contributed by atoms with Gasteiger partial charge in [-0.1, -0.05) is 43.5 Å². The molecule has 1 aromatic rings. The SMILES string of the molecule is CCC1(C(=O)N2CCC(C(O)c3ccc(Cl)cc3)CC2)CCCC1. The van der Waals surface area contributed by atoms with Crippen molar-refractivity contribution in [2.24, 2.45) is 11.3 Å². The average Bonchev–Trinajstić information content (AvgIpc) is 3.11. The number of likely N-dealkylation sites (tertiary alicyclic amines) is 1. The highest BCUT2D eigenvalue weighted by atomic mass is 35.5. The maximum atomic E-state index is 13.0. The summed E-state index contributed by atoms with van der Waals surface area (Å²) < 4.78 is 0. The van der Waals surface area contributed by atoms with Crippen LogP contribution < -0.4 is 0 Å². The van der Waals surface area contributed by atoms with Crippen molar-refractivity contribution in [2.75, 3.05) is 13.1 Å². The number of amides is 1. The molecule has 1 saturated carbocycles. The lowest BCUT2D eigenvalue weighted by Gasteiger charge is -2.39. The number of aliphatic hydroxyl groups excluding tert-OH is 1. The molecule has 3 rings (SSSR count). The summed E-state index contributed by atoms with van der Waals surface area (Å²) in [5.74, 6) is 0.582. The zero-order valence-electron chi connectivity index (χ0n) is 14.5. The number of piperidine rings is 1. The van der Waals surface area contributed by atoms with Crippen LogP contribution >= 0.6 is 11.6 Å². The van der Waals surface area contributed by atoms with Gasteiger partial charge in [-0.25, -0.2) is 0 Å². The minimum atomic E-state index is -0.467. The van der Waals surface area contributed by atoms with Crippen LogP contribution in [0.1, 0.15) is 63.5 Å². The van der Waals surface area contributed by atoms with E-state index in [1.807, 2.05) is 24.3 Å². The van der Waals surface area contributed by atoms with Gasteiger partial charge < -0.3 is 10.0 Å². The van der Waals surface area contributed by atoms with Crippen LogP contribution in [0.5, 0.6) is 0 Å². The highest BCUT2D eigenvalue weighted by Crippen LogP contribution is 2.43. The Morgan fingerprint density at radius 2 is 1.83 bits per heavy atom. The van der Waals surface area contributed by atoms with Crippen molar-refractivity contribution in [1.29, 1.82) is 0 Å². The third-order valence-electron chi connectivity index (χ3n) is 6.18. The van der Waals surface area contributed by atoms with E-state index >= 15 is 0 Å². The average molecular weight is 350 g/mol. The fourth-order valence-electron chi connectivity index (χ4n) is 4.46. The molecule has 1 heterocycles. The fraction of sp³-hybridized carbons (Fsp3) is 0.650. The normalized spacial score (nSPS) is 22.5. The minimum Gasteiger partial charge on any atom is -0.388 e. The number of rotatable bonds is 4. The van der Waals surface area contributed by atoms with E-state index in [4.69, 9.17) is 11.6 Å². The van der Waals surface area contributed by atoms with Gasteiger partial charge in [0.05, 0.1) is 6.10 Å². The quantitative estimate of drug-likeness (QED) is 0.864. The van der Waals surface area contributed by atoms with Crippen LogP contribution in [0.3, 0.4) is 0 Å². The number of halogens is 1. The van der Waals surface area contributed by atoms with Gasteiger partial charge in [-0.3, -0.25) is 4.79 Å². The lowest BCUT2D eigenvalue weighted by atomic mass is 9.80. The topological polar surface area (TPSA) is 40.5 Å². The molecule has 2 aliphatic rings. The molecule has 3 nitrogen and oxygen atoms in total. The van der Waals surface area contributed by atoms with Crippen LogP contribution in [0.25, 0.3) is 0 Å². The Hall–Kier alpha value is -1.06. The largest absolute Gasteiger partial charge is 0.388 e. The Morgan fingerprint density at radius 1 is 1.25 bits per heavy atom. The van der Waals surface area contributed by atoms with Crippen LogP contribution in [0, 0.1) is 11.3 Å². The van der Waals surface area contributed by atoms with E-state index in [2.05, 4.69) is 11.8 Å². The molecule has 1 N–H and O–H groups in total. The van der Waals surface area contributed by atoms with E-state index in [0.717, 1.165) is 50.8 Å². The first-order valence-electron chi connectivity index (χ1n) is 9.29. The molecule has 1 aliphatic heterocycles. The summed E-state index contributed by atoms with van der Waals surface area (Å²) in [6.07, 6.45) is 6.71. The number of hydrogen-bond acceptors (Lipinski definition) is 2. The van der Waals surface area contributed by atoms with Crippen molar-refractivity contribution in [1.82, 2.24) is 4.90 Å². The molecule has 1 unspecified atom stereocenters. The smallest absolute Gasteiger partial charge is 0.228 e. The van der Waals surface area contributed by atoms with Gasteiger partial charge in [0.2, 0.25) is 5.91 Å². The van der Waals surface area contributed by atoms with Crippen molar-refractivity contribution in [3.63, 3.8) is 0 Å². The first-order valence-corrected chi connectivity index (χ1v) is 9.66. The first kappa shape index (κ1) is 17.8. The van der Waals surface area contributed by atoms with Crippen LogP contribution in [0.15, 0.2) is 24.3 Å². The minimum absolute atomic E-state index is 0.0956. The monoisotopic (exact) mass is 349 g/mol. The van der Waals surface area contributed by atoms with Crippen molar-refractivity contribution in [3.8, 4) is 0 Å². The maximum absolute atomic E-state index is 13.0. The van der Waals surface area contributed by atoms with E-state index in [1.54, 1.807) is 0 Å². The van der Waals surface area contributed by atoms with Gasteiger partial charge in [0, 0.05) is 23.5 Å². The molecule has 1 atom stereocenters. The van der Waals surface area contributed by atoms with E-state index in [1.165, 1.54) is 12.8 Å². The van der Waals surface area contributed by atoms with E-state index < -0.39 is 6.10 Å². The van der Waals surface area contributed by atoms with E-state index in [9.17, 15) is 9.90 Å². The molecule has 2 fully saturated rings. The number of aliphatic hydroxyl groups is 1. The molecule has 0 radical (unpaired) electrons. The standard InChI is InChI=1S/C20H28ClNO2/c1-2-20(11-3-4-12-20)19(24)22-13-9-16(10-14-22)18(23)15-5-7-17(21)8-6-15/h5-8,16,18,23H,2-4,9-14H2,1H3. The Bertz CT molecular complexity index is 558. The Kier molecular flexibility index (Phi) is 5.51. The van der Waals surface area contributed by atoms with Gasteiger partial charge in [-0.15, -0.1) is 0 Å². The van der Waals surface area contributed by atoms with Gasteiger partial charge in [0.25, 0.3) is 0 Å². The number of benzene rings is 1. The third-order valence-corrected chi connectivity index (χ3v) is 6.43. The summed E-state index contributed by atoms with van der Waals surface area (Å²) in [7, 11) is 0. The summed E-state index contributed by atoms with van der Waals surface area (Å²) in [5.41, 5.74) is 0.826. The molecule has 4 heteroatoms. The number of nitrogens with zero attached hydrogens (tertiary/aromatic N) is 1. The van der Waals surface area contributed by atoms with Crippen molar-refractivity contribution < 1.29 is 9.90 Å².